The molecule has 0 aliphatic rings. The van der Waals surface area contributed by atoms with Crippen LogP contribution in [0.5, 0.6) is 0 Å². The Hall–Kier alpha value is -1.79. The van der Waals surface area contributed by atoms with Gasteiger partial charge < -0.3 is 0 Å². The first-order valence-electron chi connectivity index (χ1n) is 6.32. The van der Waals surface area contributed by atoms with E-state index in [1.807, 2.05) is 18.0 Å². The molecule has 0 aliphatic heterocycles. The summed E-state index contributed by atoms with van der Waals surface area (Å²) in [5.74, 6) is -0.261. The number of hydrogen-bond acceptors (Lipinski definition) is 3. The van der Waals surface area contributed by atoms with E-state index in [2.05, 4.69) is 15.9 Å². The summed E-state index contributed by atoms with van der Waals surface area (Å²) in [6, 6.07) is 11.3. The number of nitro benzene ring substituents is 1. The lowest BCUT2D eigenvalue weighted by Crippen LogP contribution is -2.17. The van der Waals surface area contributed by atoms with Gasteiger partial charge in [0, 0.05) is 19.2 Å². The van der Waals surface area contributed by atoms with E-state index in [1.54, 1.807) is 18.2 Å². The first-order chi connectivity index (χ1) is 9.97. The number of rotatable bonds is 5. The van der Waals surface area contributed by atoms with Crippen LogP contribution in [0.3, 0.4) is 0 Å². The Labute approximate surface area is 130 Å². The molecule has 0 aliphatic carbocycles. The molecule has 0 heterocycles. The van der Waals surface area contributed by atoms with Gasteiger partial charge in [0.1, 0.15) is 5.82 Å². The number of nitro groups is 1. The highest BCUT2D eigenvalue weighted by Gasteiger charge is 2.15. The van der Waals surface area contributed by atoms with Crippen LogP contribution in [0, 0.1) is 15.9 Å². The fourth-order valence-corrected chi connectivity index (χ4v) is 2.61. The van der Waals surface area contributed by atoms with Gasteiger partial charge in [-0.1, -0.05) is 24.3 Å². The zero-order valence-electron chi connectivity index (χ0n) is 11.4. The van der Waals surface area contributed by atoms with E-state index in [0.717, 1.165) is 11.1 Å². The van der Waals surface area contributed by atoms with Gasteiger partial charge in [0.05, 0.1) is 9.40 Å². The molecular formula is C15H14BrFN2O2. The van der Waals surface area contributed by atoms with Crippen molar-refractivity contribution in [3.05, 3.63) is 74.0 Å². The van der Waals surface area contributed by atoms with Crippen LogP contribution in [0.1, 0.15) is 11.1 Å². The largest absolute Gasteiger partial charge is 0.298 e. The molecule has 0 N–H and O–H groups in total. The average molecular weight is 353 g/mol. The van der Waals surface area contributed by atoms with E-state index in [9.17, 15) is 14.5 Å². The van der Waals surface area contributed by atoms with Crippen molar-refractivity contribution in [2.45, 2.75) is 13.1 Å². The van der Waals surface area contributed by atoms with E-state index in [0.29, 0.717) is 17.6 Å². The van der Waals surface area contributed by atoms with Crippen molar-refractivity contribution < 1.29 is 9.31 Å². The highest BCUT2D eigenvalue weighted by Crippen LogP contribution is 2.29. The van der Waals surface area contributed by atoms with Gasteiger partial charge >= 0.3 is 0 Å². The molecule has 0 unspecified atom stereocenters. The summed E-state index contributed by atoms with van der Waals surface area (Å²) >= 11 is 3.29. The van der Waals surface area contributed by atoms with E-state index < -0.39 is 4.92 Å². The minimum absolute atomic E-state index is 0.0580. The summed E-state index contributed by atoms with van der Waals surface area (Å²) in [7, 11) is 1.91. The molecule has 0 fully saturated rings. The molecule has 2 aromatic rings. The number of nitrogens with zero attached hydrogens (tertiary/aromatic N) is 2. The molecule has 0 radical (unpaired) electrons. The third kappa shape index (κ3) is 4.09. The predicted octanol–water partition coefficient (Wildman–Crippen LogP) is 4.13. The summed E-state index contributed by atoms with van der Waals surface area (Å²) in [4.78, 5) is 12.5. The van der Waals surface area contributed by atoms with Crippen LogP contribution < -0.4 is 0 Å². The van der Waals surface area contributed by atoms with E-state index >= 15 is 0 Å². The van der Waals surface area contributed by atoms with Crippen LogP contribution in [0.15, 0.2) is 46.9 Å². The fraction of sp³-hybridized carbons (Fsp3) is 0.200. The van der Waals surface area contributed by atoms with Gasteiger partial charge in [-0.15, -0.1) is 0 Å². The van der Waals surface area contributed by atoms with Crippen molar-refractivity contribution in [1.82, 2.24) is 4.90 Å². The van der Waals surface area contributed by atoms with Gasteiger partial charge in [0.25, 0.3) is 5.69 Å². The molecule has 0 bridgehead atoms. The maximum Gasteiger partial charge on any atom is 0.283 e. The predicted molar refractivity (Wildman–Crippen MR) is 82.4 cm³/mol. The molecule has 2 rings (SSSR count). The van der Waals surface area contributed by atoms with E-state index in [-0.39, 0.29) is 11.5 Å². The number of hydrogen-bond donors (Lipinski definition) is 0. The van der Waals surface area contributed by atoms with E-state index in [1.165, 1.54) is 18.2 Å². The third-order valence-corrected chi connectivity index (χ3v) is 3.98. The molecule has 110 valence electrons. The van der Waals surface area contributed by atoms with Crippen LogP contribution in [0.25, 0.3) is 0 Å². The Kier molecular flexibility index (Phi) is 5.03. The van der Waals surface area contributed by atoms with Crippen molar-refractivity contribution >= 4 is 21.6 Å². The second kappa shape index (κ2) is 6.78. The Morgan fingerprint density at radius 3 is 2.48 bits per heavy atom. The second-order valence-electron chi connectivity index (χ2n) is 4.81. The summed E-state index contributed by atoms with van der Waals surface area (Å²) < 4.78 is 13.4. The average Bonchev–Trinajstić information content (AvgIpc) is 2.43. The summed E-state index contributed by atoms with van der Waals surface area (Å²) in [5, 5.41) is 10.9. The normalized spacial score (nSPS) is 10.9. The number of benzene rings is 2. The molecule has 0 saturated heterocycles. The minimum Gasteiger partial charge on any atom is -0.298 e. The molecule has 0 spiro atoms. The molecular weight excluding hydrogens is 339 g/mol. The highest BCUT2D eigenvalue weighted by molar-refractivity contribution is 9.10. The molecule has 2 aromatic carbocycles. The zero-order chi connectivity index (χ0) is 15.4. The van der Waals surface area contributed by atoms with E-state index in [4.69, 9.17) is 0 Å². The van der Waals surface area contributed by atoms with Crippen molar-refractivity contribution in [2.75, 3.05) is 7.05 Å². The highest BCUT2D eigenvalue weighted by atomic mass is 79.9. The van der Waals surface area contributed by atoms with Crippen LogP contribution >= 0.6 is 15.9 Å². The molecule has 0 atom stereocenters. The molecule has 4 nitrogen and oxygen atoms in total. The van der Waals surface area contributed by atoms with Crippen molar-refractivity contribution in [3.8, 4) is 0 Å². The molecule has 0 aromatic heterocycles. The lowest BCUT2D eigenvalue weighted by molar-refractivity contribution is -0.385. The summed E-state index contributed by atoms with van der Waals surface area (Å²) in [5.41, 5.74) is 1.89. The summed E-state index contributed by atoms with van der Waals surface area (Å²) in [6.45, 7) is 1.19. The fourth-order valence-electron chi connectivity index (χ4n) is 2.08. The third-order valence-electron chi connectivity index (χ3n) is 3.06. The Balaban J connectivity index is 2.09. The monoisotopic (exact) mass is 352 g/mol. The van der Waals surface area contributed by atoms with Gasteiger partial charge in [0.15, 0.2) is 0 Å². The smallest absolute Gasteiger partial charge is 0.283 e. The number of halogens is 2. The first-order valence-corrected chi connectivity index (χ1v) is 7.11. The van der Waals surface area contributed by atoms with Crippen molar-refractivity contribution in [2.24, 2.45) is 0 Å². The maximum atomic E-state index is 12.9. The van der Waals surface area contributed by atoms with Crippen LogP contribution in [0.2, 0.25) is 0 Å². The SMILES string of the molecule is CN(Cc1ccc(F)cc1)Cc1cccc([N+](=O)[O-])c1Br. The van der Waals surface area contributed by atoms with Gasteiger partial charge in [-0.2, -0.15) is 0 Å². The summed E-state index contributed by atoms with van der Waals surface area (Å²) in [6.07, 6.45) is 0. The van der Waals surface area contributed by atoms with Crippen LogP contribution in [-0.2, 0) is 13.1 Å². The molecule has 21 heavy (non-hydrogen) atoms. The van der Waals surface area contributed by atoms with Crippen LogP contribution in [-0.4, -0.2) is 16.9 Å². The minimum atomic E-state index is -0.409. The Bertz CT molecular complexity index is 647. The lowest BCUT2D eigenvalue weighted by Gasteiger charge is -2.17. The van der Waals surface area contributed by atoms with Gasteiger partial charge in [0.2, 0.25) is 0 Å². The quantitative estimate of drug-likeness (QED) is 0.600. The Morgan fingerprint density at radius 2 is 1.86 bits per heavy atom. The molecule has 0 amide bonds. The second-order valence-corrected chi connectivity index (χ2v) is 5.60. The van der Waals surface area contributed by atoms with Crippen molar-refractivity contribution in [3.63, 3.8) is 0 Å². The Morgan fingerprint density at radius 1 is 1.19 bits per heavy atom. The van der Waals surface area contributed by atoms with Crippen LogP contribution in [0.4, 0.5) is 10.1 Å². The first kappa shape index (κ1) is 15.6. The van der Waals surface area contributed by atoms with Gasteiger partial charge in [-0.25, -0.2) is 4.39 Å². The van der Waals surface area contributed by atoms with Gasteiger partial charge in [-0.05, 0) is 46.2 Å². The molecule has 0 saturated carbocycles. The lowest BCUT2D eigenvalue weighted by atomic mass is 10.1. The topological polar surface area (TPSA) is 46.4 Å². The van der Waals surface area contributed by atoms with Gasteiger partial charge in [-0.3, -0.25) is 15.0 Å². The molecule has 6 heteroatoms. The maximum absolute atomic E-state index is 12.9. The zero-order valence-corrected chi connectivity index (χ0v) is 13.0. The standard InChI is InChI=1S/C15H14BrFN2O2/c1-18(9-11-5-7-13(17)8-6-11)10-12-3-2-4-14(15(12)16)19(20)21/h2-8H,9-10H2,1H3. The van der Waals surface area contributed by atoms with Crippen molar-refractivity contribution in [1.29, 1.82) is 0 Å².